The number of rotatable bonds is 4. The van der Waals surface area contributed by atoms with Crippen LogP contribution in [0, 0.1) is 23.2 Å². The van der Waals surface area contributed by atoms with Gasteiger partial charge in [-0.3, -0.25) is 19.2 Å². The molecule has 0 heterocycles. The molecule has 0 amide bonds. The summed E-state index contributed by atoms with van der Waals surface area (Å²) in [6.45, 7) is 0. The number of Topliss-reactive ketones (excluding diaryl/α,β-unsaturated/α-hetero) is 1. The highest BCUT2D eigenvalue weighted by Gasteiger charge is 2.67. The number of hydrogen-bond acceptors (Lipinski definition) is 7. The second-order valence-corrected chi connectivity index (χ2v) is 5.84. The van der Waals surface area contributed by atoms with Crippen LogP contribution in [0.2, 0.25) is 0 Å². The molecule has 7 heteroatoms. The maximum Gasteiger partial charge on any atom is 0.323 e. The Hall–Kier alpha value is -1.92. The molecule has 7 nitrogen and oxygen atoms in total. The number of carbonyl (C=O) groups excluding carboxylic acids is 4. The second-order valence-electron chi connectivity index (χ2n) is 5.84. The first kappa shape index (κ1) is 16.5. The van der Waals surface area contributed by atoms with Crippen LogP contribution >= 0.6 is 0 Å². The second kappa shape index (κ2) is 6.06. The van der Waals surface area contributed by atoms with Gasteiger partial charge in [0.1, 0.15) is 5.78 Å². The monoisotopic (exact) mass is 312 g/mol. The molecule has 2 saturated carbocycles. The molecular weight excluding hydrogens is 292 g/mol. The summed E-state index contributed by atoms with van der Waals surface area (Å²) in [5, 5.41) is 0. The Labute approximate surface area is 128 Å². The van der Waals surface area contributed by atoms with Gasteiger partial charge in [0.2, 0.25) is 0 Å². The molecule has 0 N–H and O–H groups in total. The van der Waals surface area contributed by atoms with Crippen molar-refractivity contribution >= 4 is 23.7 Å². The summed E-state index contributed by atoms with van der Waals surface area (Å²) in [4.78, 5) is 48.4. The van der Waals surface area contributed by atoms with Crippen LogP contribution in [0.3, 0.4) is 0 Å². The third-order valence-corrected chi connectivity index (χ3v) is 4.99. The van der Waals surface area contributed by atoms with Gasteiger partial charge in [0, 0.05) is 18.8 Å². The van der Waals surface area contributed by atoms with Crippen LogP contribution in [-0.4, -0.2) is 45.0 Å². The molecule has 3 unspecified atom stereocenters. The van der Waals surface area contributed by atoms with E-state index in [0.717, 1.165) is 0 Å². The Morgan fingerprint density at radius 3 is 2.18 bits per heavy atom. The lowest BCUT2D eigenvalue weighted by Crippen LogP contribution is -2.44. The number of esters is 3. The molecule has 0 spiro atoms. The van der Waals surface area contributed by atoms with E-state index < -0.39 is 41.1 Å². The Bertz CT molecular complexity index is 494. The van der Waals surface area contributed by atoms with Gasteiger partial charge in [0.25, 0.3) is 0 Å². The average molecular weight is 312 g/mol. The number of ketones is 1. The van der Waals surface area contributed by atoms with Crippen LogP contribution in [0.4, 0.5) is 0 Å². The Morgan fingerprint density at radius 1 is 1.09 bits per heavy atom. The lowest BCUT2D eigenvalue weighted by molar-refractivity contribution is -0.172. The average Bonchev–Trinajstić information content (AvgIpc) is 3.06. The lowest BCUT2D eigenvalue weighted by atomic mass is 9.76. The van der Waals surface area contributed by atoms with Crippen LogP contribution in [-0.2, 0) is 33.4 Å². The molecule has 0 aliphatic heterocycles. The molecule has 2 fully saturated rings. The van der Waals surface area contributed by atoms with Crippen LogP contribution in [0.15, 0.2) is 0 Å². The van der Waals surface area contributed by atoms with Gasteiger partial charge in [0.15, 0.2) is 5.41 Å². The number of carbonyl (C=O) groups is 4. The molecule has 0 bridgehead atoms. The molecule has 22 heavy (non-hydrogen) atoms. The number of fused-ring (bicyclic) bond motifs is 1. The minimum absolute atomic E-state index is 0.000848. The fourth-order valence-electron chi connectivity index (χ4n) is 4.12. The minimum Gasteiger partial charge on any atom is -0.469 e. The maximum atomic E-state index is 12.3. The van der Waals surface area contributed by atoms with Gasteiger partial charge in [-0.2, -0.15) is 0 Å². The van der Waals surface area contributed by atoms with E-state index in [0.29, 0.717) is 12.8 Å². The van der Waals surface area contributed by atoms with Crippen molar-refractivity contribution in [1.82, 2.24) is 0 Å². The highest BCUT2D eigenvalue weighted by molar-refractivity contribution is 6.03. The van der Waals surface area contributed by atoms with Crippen molar-refractivity contribution < 1.29 is 33.4 Å². The first-order chi connectivity index (χ1) is 10.4. The standard InChI is InChI=1S/C15H20O7/c1-20-11(17)6-8-7-15(13(18)21-2,14(19)22-3)9-4-5-10(16)12(8)9/h8-9,12H,4-7H2,1-3H3. The fourth-order valence-corrected chi connectivity index (χ4v) is 4.12. The molecule has 0 aromatic heterocycles. The zero-order valence-corrected chi connectivity index (χ0v) is 12.9. The summed E-state index contributed by atoms with van der Waals surface area (Å²) in [6, 6.07) is 0. The van der Waals surface area contributed by atoms with Crippen molar-refractivity contribution in [3.05, 3.63) is 0 Å². The van der Waals surface area contributed by atoms with E-state index in [1.165, 1.54) is 21.3 Å². The van der Waals surface area contributed by atoms with Gasteiger partial charge in [-0.05, 0) is 24.7 Å². The zero-order valence-electron chi connectivity index (χ0n) is 12.9. The van der Waals surface area contributed by atoms with E-state index in [4.69, 9.17) is 9.47 Å². The minimum atomic E-state index is -1.50. The molecule has 2 aliphatic carbocycles. The van der Waals surface area contributed by atoms with Gasteiger partial charge < -0.3 is 14.2 Å². The first-order valence-electron chi connectivity index (χ1n) is 7.18. The van der Waals surface area contributed by atoms with Crippen molar-refractivity contribution in [1.29, 1.82) is 0 Å². The summed E-state index contributed by atoms with van der Waals surface area (Å²) >= 11 is 0. The van der Waals surface area contributed by atoms with Crippen molar-refractivity contribution in [2.45, 2.75) is 25.7 Å². The quantitative estimate of drug-likeness (QED) is 0.423. The normalized spacial score (nSPS) is 28.9. The first-order valence-corrected chi connectivity index (χ1v) is 7.18. The SMILES string of the molecule is COC(=O)CC1CC(C(=O)OC)(C(=O)OC)C2CCC(=O)C12. The summed E-state index contributed by atoms with van der Waals surface area (Å²) in [6.07, 6.45) is 0.787. The molecule has 0 saturated heterocycles. The summed E-state index contributed by atoms with van der Waals surface area (Å²) in [5.74, 6) is -3.27. The highest BCUT2D eigenvalue weighted by Crippen LogP contribution is 2.58. The third-order valence-electron chi connectivity index (χ3n) is 4.99. The maximum absolute atomic E-state index is 12.3. The van der Waals surface area contributed by atoms with E-state index in [1.54, 1.807) is 0 Å². The van der Waals surface area contributed by atoms with Crippen molar-refractivity contribution in [2.24, 2.45) is 23.2 Å². The molecule has 0 radical (unpaired) electrons. The summed E-state index contributed by atoms with van der Waals surface area (Å²) < 4.78 is 14.3. The molecule has 0 aromatic rings. The van der Waals surface area contributed by atoms with Crippen LogP contribution in [0.25, 0.3) is 0 Å². The van der Waals surface area contributed by atoms with Crippen LogP contribution in [0.5, 0.6) is 0 Å². The van der Waals surface area contributed by atoms with Crippen molar-refractivity contribution in [3.63, 3.8) is 0 Å². The molecule has 2 rings (SSSR count). The van der Waals surface area contributed by atoms with E-state index >= 15 is 0 Å². The van der Waals surface area contributed by atoms with E-state index in [2.05, 4.69) is 4.74 Å². The summed E-state index contributed by atoms with van der Waals surface area (Å²) in [7, 11) is 3.66. The molecule has 122 valence electrons. The lowest BCUT2D eigenvalue weighted by Gasteiger charge is -2.28. The molecule has 0 aromatic carbocycles. The van der Waals surface area contributed by atoms with Crippen LogP contribution < -0.4 is 0 Å². The predicted octanol–water partition coefficient (Wildman–Crippen LogP) is 0.497. The Balaban J connectivity index is 2.43. The number of ether oxygens (including phenoxy) is 3. The topological polar surface area (TPSA) is 96.0 Å². The molecular formula is C15H20O7. The molecule has 2 aliphatic rings. The van der Waals surface area contributed by atoms with Gasteiger partial charge in [-0.25, -0.2) is 0 Å². The number of hydrogen-bond donors (Lipinski definition) is 0. The highest BCUT2D eigenvalue weighted by atomic mass is 16.5. The molecule has 3 atom stereocenters. The van der Waals surface area contributed by atoms with Crippen molar-refractivity contribution in [3.8, 4) is 0 Å². The van der Waals surface area contributed by atoms with Gasteiger partial charge in [0.05, 0.1) is 21.3 Å². The summed E-state index contributed by atoms with van der Waals surface area (Å²) in [5.41, 5.74) is -1.50. The largest absolute Gasteiger partial charge is 0.469 e. The Morgan fingerprint density at radius 2 is 1.68 bits per heavy atom. The third kappa shape index (κ3) is 2.28. The van der Waals surface area contributed by atoms with Gasteiger partial charge in [-0.1, -0.05) is 0 Å². The van der Waals surface area contributed by atoms with Gasteiger partial charge in [-0.15, -0.1) is 0 Å². The van der Waals surface area contributed by atoms with E-state index in [-0.39, 0.29) is 18.6 Å². The smallest absolute Gasteiger partial charge is 0.323 e. The van der Waals surface area contributed by atoms with E-state index in [9.17, 15) is 19.2 Å². The van der Waals surface area contributed by atoms with Gasteiger partial charge >= 0.3 is 17.9 Å². The zero-order chi connectivity index (χ0) is 16.5. The van der Waals surface area contributed by atoms with Crippen molar-refractivity contribution in [2.75, 3.05) is 21.3 Å². The Kier molecular flexibility index (Phi) is 4.53. The fraction of sp³-hybridized carbons (Fsp3) is 0.733. The van der Waals surface area contributed by atoms with E-state index in [1.807, 2.05) is 0 Å². The predicted molar refractivity (Wildman–Crippen MR) is 72.4 cm³/mol. The van der Waals surface area contributed by atoms with Crippen LogP contribution in [0.1, 0.15) is 25.7 Å². The number of methoxy groups -OCH3 is 3.